The van der Waals surface area contributed by atoms with Gasteiger partial charge in [-0.25, -0.2) is 0 Å². The molecule has 11 unspecified atom stereocenters. The lowest BCUT2D eigenvalue weighted by molar-refractivity contribution is -0.314. The molecule has 0 aliphatic carbocycles. The Morgan fingerprint density at radius 2 is 1.48 bits per heavy atom. The van der Waals surface area contributed by atoms with E-state index in [2.05, 4.69) is 0 Å². The lowest BCUT2D eigenvalue weighted by Gasteiger charge is -2.41. The van der Waals surface area contributed by atoms with Crippen molar-refractivity contribution >= 4 is 0 Å². The minimum absolute atomic E-state index is 0.0223. The van der Waals surface area contributed by atoms with E-state index >= 15 is 0 Å². The normalized spacial score (nSPS) is 54.5. The topological polar surface area (TPSA) is 184 Å². The van der Waals surface area contributed by atoms with Gasteiger partial charge in [0.15, 0.2) is 6.29 Å². The van der Waals surface area contributed by atoms with Crippen LogP contribution >= 0.6 is 0 Å². The largest absolute Gasteiger partial charge is 0.394 e. The third-order valence-corrected chi connectivity index (χ3v) is 5.24. The van der Waals surface area contributed by atoms with Crippen LogP contribution in [0.4, 0.5) is 0 Å². The molecule has 0 aromatic rings. The van der Waals surface area contributed by atoms with Crippen LogP contribution in [0.1, 0.15) is 0 Å². The van der Waals surface area contributed by atoms with E-state index in [9.17, 15) is 40.9 Å². The van der Waals surface area contributed by atoms with Gasteiger partial charge in [0.05, 0.1) is 24.9 Å². The number of nitrogens with zero attached hydrogens (tertiary/aromatic N) is 1. The second-order valence-electron chi connectivity index (χ2n) is 6.86. The molecule has 3 rings (SSSR count). The SMILES string of the molecule is OCC1OC(OC2CN3CC(O)C(O)C(O)C3C2O)C(O)C(O)C1O. The lowest BCUT2D eigenvalue weighted by Crippen LogP contribution is -2.61. The van der Waals surface area contributed by atoms with Gasteiger partial charge in [-0.15, -0.1) is 0 Å². The van der Waals surface area contributed by atoms with Gasteiger partial charge in [-0.2, -0.15) is 0 Å². The van der Waals surface area contributed by atoms with Crippen molar-refractivity contribution in [1.82, 2.24) is 4.90 Å². The summed E-state index contributed by atoms with van der Waals surface area (Å²) in [5.41, 5.74) is 0. The molecule has 0 spiro atoms. The maximum absolute atomic E-state index is 10.4. The highest BCUT2D eigenvalue weighted by Crippen LogP contribution is 2.32. The number of aliphatic hydroxyl groups excluding tert-OH is 8. The predicted octanol–water partition coefficient (Wildman–Crippen LogP) is -5.69. The highest BCUT2D eigenvalue weighted by atomic mass is 16.7. The van der Waals surface area contributed by atoms with E-state index in [1.54, 1.807) is 4.90 Å². The zero-order chi connectivity index (χ0) is 18.5. The molecule has 0 aromatic heterocycles. The summed E-state index contributed by atoms with van der Waals surface area (Å²) in [6.45, 7) is -0.500. The molecule has 0 aromatic carbocycles. The van der Waals surface area contributed by atoms with Gasteiger partial charge in [-0.3, -0.25) is 4.90 Å². The van der Waals surface area contributed by atoms with Gasteiger partial charge < -0.3 is 50.3 Å². The van der Waals surface area contributed by atoms with Crippen LogP contribution in [0.2, 0.25) is 0 Å². The van der Waals surface area contributed by atoms with Gasteiger partial charge in [-0.05, 0) is 0 Å². The van der Waals surface area contributed by atoms with Gasteiger partial charge in [0.2, 0.25) is 0 Å². The fraction of sp³-hybridized carbons (Fsp3) is 1.00. The van der Waals surface area contributed by atoms with Crippen molar-refractivity contribution in [3.8, 4) is 0 Å². The van der Waals surface area contributed by atoms with Crippen molar-refractivity contribution in [2.45, 2.75) is 67.3 Å². The Labute approximate surface area is 143 Å². The smallest absolute Gasteiger partial charge is 0.187 e. The van der Waals surface area contributed by atoms with E-state index in [1.807, 2.05) is 0 Å². The molecule has 146 valence electrons. The maximum atomic E-state index is 10.4. The van der Waals surface area contributed by atoms with E-state index < -0.39 is 73.9 Å². The summed E-state index contributed by atoms with van der Waals surface area (Å²) in [6.07, 6.45) is -13.4. The Morgan fingerprint density at radius 3 is 2.12 bits per heavy atom. The summed E-state index contributed by atoms with van der Waals surface area (Å²) in [6, 6.07) is -0.867. The number of ether oxygens (including phenoxy) is 2. The molecule has 3 fully saturated rings. The molecule has 11 nitrogen and oxygen atoms in total. The van der Waals surface area contributed by atoms with Gasteiger partial charge in [0.25, 0.3) is 0 Å². The van der Waals surface area contributed by atoms with Gasteiger partial charge in [0, 0.05) is 13.1 Å². The van der Waals surface area contributed by atoms with Crippen LogP contribution in [0.5, 0.6) is 0 Å². The molecular weight excluding hydrogens is 342 g/mol. The van der Waals surface area contributed by atoms with Crippen LogP contribution in [0.25, 0.3) is 0 Å². The minimum atomic E-state index is -1.61. The molecule has 3 heterocycles. The van der Waals surface area contributed by atoms with Crippen LogP contribution in [0.3, 0.4) is 0 Å². The average Bonchev–Trinajstić information content (AvgIpc) is 2.88. The van der Waals surface area contributed by atoms with Crippen molar-refractivity contribution < 1.29 is 50.3 Å². The first kappa shape index (κ1) is 19.3. The molecule has 0 saturated carbocycles. The third kappa shape index (κ3) is 3.31. The number of rotatable bonds is 3. The molecule has 3 aliphatic heterocycles. The van der Waals surface area contributed by atoms with Gasteiger partial charge >= 0.3 is 0 Å². The first-order chi connectivity index (χ1) is 11.8. The quantitative estimate of drug-likeness (QED) is 0.238. The molecule has 3 aliphatic rings. The summed E-state index contributed by atoms with van der Waals surface area (Å²) < 4.78 is 10.8. The molecule has 3 saturated heterocycles. The van der Waals surface area contributed by atoms with Gasteiger partial charge in [-0.1, -0.05) is 0 Å². The standard InChI is InChI=1S/C14H25NO10/c16-3-6-10(20)12(22)13(23)14(25-6)24-5-2-15-1-4(17)8(18)11(21)7(15)9(5)19/h4-14,16-23H,1-3H2. The lowest BCUT2D eigenvalue weighted by atomic mass is 9.92. The predicted molar refractivity (Wildman–Crippen MR) is 78.0 cm³/mol. The summed E-state index contributed by atoms with van der Waals surface area (Å²) in [7, 11) is 0. The van der Waals surface area contributed by atoms with Crippen LogP contribution < -0.4 is 0 Å². The molecular formula is C14H25NO10. The van der Waals surface area contributed by atoms with E-state index in [-0.39, 0.29) is 13.1 Å². The molecule has 0 amide bonds. The number of hydrogen-bond donors (Lipinski definition) is 8. The van der Waals surface area contributed by atoms with Gasteiger partial charge in [0.1, 0.15) is 42.7 Å². The van der Waals surface area contributed by atoms with E-state index in [0.29, 0.717) is 0 Å². The Hall–Kier alpha value is -0.440. The molecule has 11 heteroatoms. The Bertz CT molecular complexity index is 467. The third-order valence-electron chi connectivity index (χ3n) is 5.24. The van der Waals surface area contributed by atoms with Crippen LogP contribution in [0, 0.1) is 0 Å². The summed E-state index contributed by atoms with van der Waals surface area (Å²) in [5.74, 6) is 0. The van der Waals surface area contributed by atoms with E-state index in [4.69, 9.17) is 9.47 Å². The number of piperidine rings is 1. The fourth-order valence-electron chi connectivity index (χ4n) is 3.76. The average molecular weight is 367 g/mol. The summed E-state index contributed by atoms with van der Waals surface area (Å²) in [4.78, 5) is 1.56. The van der Waals surface area contributed by atoms with Crippen molar-refractivity contribution in [2.75, 3.05) is 19.7 Å². The summed E-state index contributed by atoms with van der Waals surface area (Å²) >= 11 is 0. The Morgan fingerprint density at radius 1 is 0.800 bits per heavy atom. The number of hydrogen-bond acceptors (Lipinski definition) is 11. The first-order valence-electron chi connectivity index (χ1n) is 8.18. The van der Waals surface area contributed by atoms with Crippen molar-refractivity contribution in [1.29, 1.82) is 0 Å². The fourth-order valence-corrected chi connectivity index (χ4v) is 3.76. The van der Waals surface area contributed by atoms with Crippen molar-refractivity contribution in [3.05, 3.63) is 0 Å². The van der Waals surface area contributed by atoms with Crippen LogP contribution in [-0.4, -0.2) is 133 Å². The van der Waals surface area contributed by atoms with Crippen LogP contribution in [-0.2, 0) is 9.47 Å². The molecule has 11 atom stereocenters. The molecule has 8 N–H and O–H groups in total. The number of aliphatic hydroxyl groups is 8. The highest BCUT2D eigenvalue weighted by molar-refractivity contribution is 5.05. The minimum Gasteiger partial charge on any atom is -0.394 e. The van der Waals surface area contributed by atoms with E-state index in [0.717, 1.165) is 0 Å². The Balaban J connectivity index is 1.69. The van der Waals surface area contributed by atoms with Crippen molar-refractivity contribution in [3.63, 3.8) is 0 Å². The molecule has 25 heavy (non-hydrogen) atoms. The molecule has 0 bridgehead atoms. The monoisotopic (exact) mass is 367 g/mol. The first-order valence-corrected chi connectivity index (χ1v) is 8.18. The summed E-state index contributed by atoms with van der Waals surface area (Å²) in [5, 5.41) is 78.7. The molecule has 0 radical (unpaired) electrons. The highest BCUT2D eigenvalue weighted by Gasteiger charge is 2.54. The number of fused-ring (bicyclic) bond motifs is 1. The second-order valence-corrected chi connectivity index (χ2v) is 6.86. The zero-order valence-electron chi connectivity index (χ0n) is 13.3. The second kappa shape index (κ2) is 7.29. The van der Waals surface area contributed by atoms with E-state index in [1.165, 1.54) is 0 Å². The van der Waals surface area contributed by atoms with Crippen molar-refractivity contribution in [2.24, 2.45) is 0 Å². The zero-order valence-corrected chi connectivity index (χ0v) is 13.3. The Kier molecular flexibility index (Phi) is 5.63. The van der Waals surface area contributed by atoms with Crippen LogP contribution in [0.15, 0.2) is 0 Å². The maximum Gasteiger partial charge on any atom is 0.187 e.